The summed E-state index contributed by atoms with van der Waals surface area (Å²) in [5.41, 5.74) is 5.85. The zero-order chi connectivity index (χ0) is 33.6. The molecule has 4 aromatic carbocycles. The minimum absolute atomic E-state index is 0.160. The fraction of sp³-hybridized carbons (Fsp3) is 0.289. The van der Waals surface area contributed by atoms with E-state index >= 15 is 0 Å². The maximum atomic E-state index is 14.3. The van der Waals surface area contributed by atoms with Crippen molar-refractivity contribution in [3.05, 3.63) is 112 Å². The number of nitrogens with one attached hydrogen (secondary N) is 1. The van der Waals surface area contributed by atoms with Crippen LogP contribution < -0.4 is 15.0 Å². The molecule has 1 aliphatic carbocycles. The van der Waals surface area contributed by atoms with Gasteiger partial charge in [0, 0.05) is 36.2 Å². The topological polar surface area (TPSA) is 94.2 Å². The van der Waals surface area contributed by atoms with Crippen molar-refractivity contribution in [2.24, 2.45) is 0 Å². The summed E-state index contributed by atoms with van der Waals surface area (Å²) in [6.07, 6.45) is 0.778. The third-order valence-electron chi connectivity index (χ3n) is 7.53. The van der Waals surface area contributed by atoms with Gasteiger partial charge in [0.2, 0.25) is 0 Å². The van der Waals surface area contributed by atoms with Crippen LogP contribution in [0.3, 0.4) is 0 Å². The number of carbonyl (C=O) groups is 3. The summed E-state index contributed by atoms with van der Waals surface area (Å²) in [6.45, 7) is 7.94. The maximum absolute atomic E-state index is 14.3. The summed E-state index contributed by atoms with van der Waals surface area (Å²) in [7, 11) is 0. The maximum Gasteiger partial charge on any atom is 0.407 e. The number of alkyl carbamates (subject to hydrolysis) is 1. The molecule has 0 unspecified atom stereocenters. The number of benzene rings is 4. The molecule has 4 aromatic rings. The van der Waals surface area contributed by atoms with Gasteiger partial charge in [-0.2, -0.15) is 0 Å². The Morgan fingerprint density at radius 1 is 0.894 bits per heavy atom. The average molecular weight is 655 g/mol. The standard InChI is InChI=1S/C38H39ClN2O6/c1-5-45-35(42)14-9-19-41(36(43)27-15-17-32-28(22-27)21-26-11-6-7-13-31(26)32)33-18-16-29(39)23-34(33)46-30-12-8-10-25(20-30)24-40-37(44)47-38(2,3)4/h6-8,10-13,15-18,20,22-23H,5,9,14,19,21,24H2,1-4H3,(H,40,44). The zero-order valence-corrected chi connectivity index (χ0v) is 27.9. The van der Waals surface area contributed by atoms with E-state index < -0.39 is 11.7 Å². The van der Waals surface area contributed by atoms with Crippen LogP contribution in [0, 0.1) is 0 Å². The van der Waals surface area contributed by atoms with Crippen LogP contribution in [0.2, 0.25) is 5.02 Å². The first kappa shape index (κ1) is 33.5. The molecule has 0 spiro atoms. The van der Waals surface area contributed by atoms with Crippen LogP contribution in [-0.2, 0) is 27.2 Å². The van der Waals surface area contributed by atoms with Gasteiger partial charge in [0.15, 0.2) is 5.75 Å². The lowest BCUT2D eigenvalue weighted by molar-refractivity contribution is -0.143. The van der Waals surface area contributed by atoms with E-state index in [2.05, 4.69) is 17.4 Å². The highest BCUT2D eigenvalue weighted by molar-refractivity contribution is 6.31. The second kappa shape index (κ2) is 14.7. The lowest BCUT2D eigenvalue weighted by Crippen LogP contribution is -2.32. The summed E-state index contributed by atoms with van der Waals surface area (Å²) in [4.78, 5) is 40.3. The summed E-state index contributed by atoms with van der Waals surface area (Å²) in [5.74, 6) is 0.314. The molecule has 0 heterocycles. The largest absolute Gasteiger partial charge is 0.466 e. The van der Waals surface area contributed by atoms with Crippen molar-refractivity contribution in [3.8, 4) is 22.6 Å². The number of nitrogens with zero attached hydrogens (tertiary/aromatic N) is 1. The monoisotopic (exact) mass is 654 g/mol. The van der Waals surface area contributed by atoms with E-state index in [4.69, 9.17) is 25.8 Å². The Labute approximate surface area is 280 Å². The van der Waals surface area contributed by atoms with Crippen LogP contribution in [0.25, 0.3) is 11.1 Å². The molecule has 5 rings (SSSR count). The van der Waals surface area contributed by atoms with Gasteiger partial charge in [0.25, 0.3) is 5.91 Å². The van der Waals surface area contributed by atoms with Gasteiger partial charge in [-0.05, 0) is 105 Å². The highest BCUT2D eigenvalue weighted by Crippen LogP contribution is 2.39. The number of halogens is 1. The molecule has 47 heavy (non-hydrogen) atoms. The third kappa shape index (κ3) is 8.71. The van der Waals surface area contributed by atoms with Crippen LogP contribution in [0.5, 0.6) is 11.5 Å². The Morgan fingerprint density at radius 2 is 1.68 bits per heavy atom. The van der Waals surface area contributed by atoms with Gasteiger partial charge in [-0.25, -0.2) is 4.79 Å². The number of hydrogen-bond donors (Lipinski definition) is 1. The van der Waals surface area contributed by atoms with E-state index in [0.29, 0.717) is 40.8 Å². The van der Waals surface area contributed by atoms with E-state index in [9.17, 15) is 14.4 Å². The van der Waals surface area contributed by atoms with Crippen LogP contribution in [-0.4, -0.2) is 36.7 Å². The number of ether oxygens (including phenoxy) is 3. The Kier molecular flexibility index (Phi) is 10.5. The van der Waals surface area contributed by atoms with Gasteiger partial charge in [0.1, 0.15) is 11.4 Å². The number of anilines is 1. The normalized spacial score (nSPS) is 11.7. The molecule has 1 N–H and O–H groups in total. The SMILES string of the molecule is CCOC(=O)CCCN(C(=O)c1ccc2c(c1)Cc1ccccc1-2)c1ccc(Cl)cc1Oc1cccc(CNC(=O)OC(C)(C)C)c1. The minimum Gasteiger partial charge on any atom is -0.466 e. The second-order valence-electron chi connectivity index (χ2n) is 12.3. The molecule has 9 heteroatoms. The molecular formula is C38H39ClN2O6. The third-order valence-corrected chi connectivity index (χ3v) is 7.76. The Hall–Kier alpha value is -4.82. The summed E-state index contributed by atoms with van der Waals surface area (Å²) in [6, 6.07) is 26.4. The summed E-state index contributed by atoms with van der Waals surface area (Å²) < 4.78 is 16.8. The van der Waals surface area contributed by atoms with Crippen molar-refractivity contribution < 1.29 is 28.6 Å². The highest BCUT2D eigenvalue weighted by atomic mass is 35.5. The molecule has 0 radical (unpaired) electrons. The van der Waals surface area contributed by atoms with Gasteiger partial charge < -0.3 is 24.4 Å². The fourth-order valence-electron chi connectivity index (χ4n) is 5.51. The predicted molar refractivity (Wildman–Crippen MR) is 183 cm³/mol. The number of amides is 2. The Morgan fingerprint density at radius 3 is 2.47 bits per heavy atom. The molecule has 0 atom stereocenters. The van der Waals surface area contributed by atoms with Crippen molar-refractivity contribution in [2.45, 2.75) is 59.1 Å². The average Bonchev–Trinajstić information content (AvgIpc) is 3.40. The number of rotatable bonds is 11. The van der Waals surface area contributed by atoms with Crippen LogP contribution in [0.1, 0.15) is 67.6 Å². The molecule has 0 saturated heterocycles. The Bertz CT molecular complexity index is 1780. The van der Waals surface area contributed by atoms with Crippen molar-refractivity contribution >= 4 is 35.3 Å². The van der Waals surface area contributed by atoms with Gasteiger partial charge >= 0.3 is 12.1 Å². The molecule has 244 valence electrons. The van der Waals surface area contributed by atoms with E-state index in [1.54, 1.807) is 62.9 Å². The van der Waals surface area contributed by atoms with E-state index in [1.165, 1.54) is 11.1 Å². The van der Waals surface area contributed by atoms with Gasteiger partial charge in [-0.15, -0.1) is 0 Å². The molecule has 0 aromatic heterocycles. The first-order chi connectivity index (χ1) is 22.5. The highest BCUT2D eigenvalue weighted by Gasteiger charge is 2.25. The van der Waals surface area contributed by atoms with Crippen molar-refractivity contribution in [2.75, 3.05) is 18.1 Å². The molecule has 8 nitrogen and oxygen atoms in total. The number of hydrogen-bond acceptors (Lipinski definition) is 6. The zero-order valence-electron chi connectivity index (χ0n) is 27.1. The summed E-state index contributed by atoms with van der Waals surface area (Å²) in [5, 5.41) is 3.19. The second-order valence-corrected chi connectivity index (χ2v) is 12.7. The number of fused-ring (bicyclic) bond motifs is 3. The first-order valence-corrected chi connectivity index (χ1v) is 16.1. The smallest absolute Gasteiger partial charge is 0.407 e. The van der Waals surface area contributed by atoms with Gasteiger partial charge in [0.05, 0.1) is 12.3 Å². The molecule has 0 saturated carbocycles. The minimum atomic E-state index is -0.609. The van der Waals surface area contributed by atoms with Gasteiger partial charge in [-0.1, -0.05) is 54.1 Å². The van der Waals surface area contributed by atoms with E-state index in [1.807, 2.05) is 42.5 Å². The fourth-order valence-corrected chi connectivity index (χ4v) is 5.67. The molecule has 2 amide bonds. The summed E-state index contributed by atoms with van der Waals surface area (Å²) >= 11 is 6.44. The van der Waals surface area contributed by atoms with Crippen molar-refractivity contribution in [1.82, 2.24) is 5.32 Å². The van der Waals surface area contributed by atoms with Crippen LogP contribution in [0.15, 0.2) is 84.9 Å². The molecule has 0 aliphatic heterocycles. The lowest BCUT2D eigenvalue weighted by Gasteiger charge is -2.26. The molecule has 1 aliphatic rings. The predicted octanol–water partition coefficient (Wildman–Crippen LogP) is 8.72. The first-order valence-electron chi connectivity index (χ1n) is 15.7. The quantitative estimate of drug-likeness (QED) is 0.143. The number of esters is 1. The van der Waals surface area contributed by atoms with E-state index in [-0.39, 0.29) is 31.4 Å². The van der Waals surface area contributed by atoms with Crippen LogP contribution in [0.4, 0.5) is 10.5 Å². The van der Waals surface area contributed by atoms with Crippen molar-refractivity contribution in [1.29, 1.82) is 0 Å². The molecule has 0 bridgehead atoms. The van der Waals surface area contributed by atoms with Gasteiger partial charge in [-0.3, -0.25) is 9.59 Å². The van der Waals surface area contributed by atoms with E-state index in [0.717, 1.165) is 23.1 Å². The Balaban J connectivity index is 1.41. The number of carbonyl (C=O) groups excluding carboxylic acids is 3. The molecule has 0 fully saturated rings. The lowest BCUT2D eigenvalue weighted by atomic mass is 10.0. The van der Waals surface area contributed by atoms with Crippen LogP contribution >= 0.6 is 11.6 Å². The van der Waals surface area contributed by atoms with Crippen molar-refractivity contribution in [3.63, 3.8) is 0 Å². The molecular weight excluding hydrogens is 616 g/mol.